The fourth-order valence-corrected chi connectivity index (χ4v) is 1.01. The Labute approximate surface area is 85.6 Å². The summed E-state index contributed by atoms with van der Waals surface area (Å²) in [5, 5.41) is 8.77. The van der Waals surface area contributed by atoms with E-state index in [0.717, 1.165) is 5.92 Å². The Morgan fingerprint density at radius 2 is 2.21 bits per heavy atom. The highest BCUT2D eigenvalue weighted by atomic mass is 16.5. The SMILES string of the molecule is C#CCOC/C(C#N)=C/[C]1[CH][CH][CH][CH]1. The Morgan fingerprint density at radius 1 is 1.50 bits per heavy atom. The first-order valence-corrected chi connectivity index (χ1v) is 4.20. The number of ether oxygens (including phenoxy) is 1. The van der Waals surface area contributed by atoms with E-state index in [2.05, 4.69) is 12.0 Å². The molecule has 0 aromatic heterocycles. The Hall–Kier alpha value is -1.25. The molecule has 0 aromatic carbocycles. The summed E-state index contributed by atoms with van der Waals surface area (Å²) in [7, 11) is 0. The molecule has 2 nitrogen and oxygen atoms in total. The van der Waals surface area contributed by atoms with Crippen LogP contribution in [0, 0.1) is 55.3 Å². The lowest BCUT2D eigenvalue weighted by Crippen LogP contribution is -1.99. The third-order valence-corrected chi connectivity index (χ3v) is 1.62. The van der Waals surface area contributed by atoms with Crippen molar-refractivity contribution in [3.8, 4) is 18.4 Å². The highest BCUT2D eigenvalue weighted by Gasteiger charge is 2.15. The number of nitrogens with zero attached hydrogens (tertiary/aromatic N) is 1. The molecule has 0 atom stereocenters. The van der Waals surface area contributed by atoms with E-state index in [1.165, 1.54) is 0 Å². The van der Waals surface area contributed by atoms with E-state index in [1.54, 1.807) is 6.08 Å². The van der Waals surface area contributed by atoms with Gasteiger partial charge in [0.15, 0.2) is 0 Å². The second-order valence-electron chi connectivity index (χ2n) is 2.70. The third-order valence-electron chi connectivity index (χ3n) is 1.62. The van der Waals surface area contributed by atoms with Crippen LogP contribution in [0.3, 0.4) is 0 Å². The van der Waals surface area contributed by atoms with Crippen molar-refractivity contribution in [2.24, 2.45) is 0 Å². The summed E-state index contributed by atoms with van der Waals surface area (Å²) in [5.41, 5.74) is 0.575. The lowest BCUT2D eigenvalue weighted by molar-refractivity contribution is 0.195. The van der Waals surface area contributed by atoms with Crippen molar-refractivity contribution in [1.29, 1.82) is 5.26 Å². The smallest absolute Gasteiger partial charge is 0.107 e. The molecule has 0 aromatic rings. The molecule has 0 saturated heterocycles. The van der Waals surface area contributed by atoms with Crippen LogP contribution in [0.4, 0.5) is 0 Å². The van der Waals surface area contributed by atoms with Crippen LogP contribution in [0.5, 0.6) is 0 Å². The molecule has 1 rings (SSSR count). The van der Waals surface area contributed by atoms with Gasteiger partial charge in [0.1, 0.15) is 6.61 Å². The number of terminal acetylenes is 1. The number of hydrogen-bond donors (Lipinski definition) is 0. The maximum atomic E-state index is 8.77. The van der Waals surface area contributed by atoms with Gasteiger partial charge in [-0.25, -0.2) is 0 Å². The highest BCUT2D eigenvalue weighted by molar-refractivity contribution is 5.45. The number of allylic oxidation sites excluding steroid dienone is 1. The first-order valence-electron chi connectivity index (χ1n) is 4.20. The van der Waals surface area contributed by atoms with Gasteiger partial charge in [-0.3, -0.25) is 0 Å². The molecule has 0 bridgehead atoms. The van der Waals surface area contributed by atoms with Crippen molar-refractivity contribution in [1.82, 2.24) is 0 Å². The molecule has 69 valence electrons. The standard InChI is InChI=1S/C12H10NO/c1-2-7-14-10-12(9-13)8-11-5-3-4-6-11/h1,3-6,8H,7,10H2/b12-8+. The van der Waals surface area contributed by atoms with Gasteiger partial charge < -0.3 is 4.74 Å². The molecular formula is C12H10NO. The minimum Gasteiger partial charge on any atom is -0.363 e. The average molecular weight is 184 g/mol. The minimum atomic E-state index is 0.236. The van der Waals surface area contributed by atoms with Gasteiger partial charge in [-0.1, -0.05) is 12.0 Å². The molecule has 2 heteroatoms. The molecule has 1 saturated carbocycles. The van der Waals surface area contributed by atoms with Gasteiger partial charge in [0.05, 0.1) is 18.2 Å². The second-order valence-corrected chi connectivity index (χ2v) is 2.70. The predicted octanol–water partition coefficient (Wildman–Crippen LogP) is 1.49. The van der Waals surface area contributed by atoms with E-state index in [1.807, 2.05) is 25.7 Å². The molecule has 0 N–H and O–H groups in total. The van der Waals surface area contributed by atoms with Crippen LogP contribution in [-0.2, 0) is 4.74 Å². The van der Waals surface area contributed by atoms with Crippen molar-refractivity contribution < 1.29 is 4.74 Å². The summed E-state index contributed by atoms with van der Waals surface area (Å²) in [6.45, 7) is 0.506. The zero-order valence-electron chi connectivity index (χ0n) is 7.73. The van der Waals surface area contributed by atoms with Crippen LogP contribution in [0.15, 0.2) is 11.6 Å². The summed E-state index contributed by atoms with van der Waals surface area (Å²) >= 11 is 0. The first kappa shape index (κ1) is 10.8. The molecule has 1 fully saturated rings. The summed E-state index contributed by atoms with van der Waals surface area (Å²) in [5.74, 6) is 3.35. The summed E-state index contributed by atoms with van der Waals surface area (Å²) in [6, 6.07) is 2.07. The van der Waals surface area contributed by atoms with Gasteiger partial charge in [0, 0.05) is 5.92 Å². The molecule has 14 heavy (non-hydrogen) atoms. The zero-order chi connectivity index (χ0) is 10.2. The van der Waals surface area contributed by atoms with Gasteiger partial charge >= 0.3 is 0 Å². The largest absolute Gasteiger partial charge is 0.363 e. The van der Waals surface area contributed by atoms with E-state index < -0.39 is 0 Å². The lowest BCUT2D eigenvalue weighted by Gasteiger charge is -2.02. The molecule has 0 heterocycles. The van der Waals surface area contributed by atoms with E-state index in [4.69, 9.17) is 16.4 Å². The van der Waals surface area contributed by atoms with E-state index in [9.17, 15) is 0 Å². The quantitative estimate of drug-likeness (QED) is 0.377. The Morgan fingerprint density at radius 3 is 2.79 bits per heavy atom. The van der Waals surface area contributed by atoms with Gasteiger partial charge in [-0.2, -0.15) is 5.26 Å². The summed E-state index contributed by atoms with van der Waals surface area (Å²) < 4.78 is 5.06. The molecule has 1 aliphatic rings. The van der Waals surface area contributed by atoms with Gasteiger partial charge in [0.2, 0.25) is 0 Å². The van der Waals surface area contributed by atoms with Crippen LogP contribution < -0.4 is 0 Å². The topological polar surface area (TPSA) is 33.0 Å². The fourth-order valence-electron chi connectivity index (χ4n) is 1.01. The van der Waals surface area contributed by atoms with Crippen molar-refractivity contribution in [2.45, 2.75) is 0 Å². The lowest BCUT2D eigenvalue weighted by atomic mass is 10.1. The summed E-state index contributed by atoms with van der Waals surface area (Å²) in [4.78, 5) is 0. The van der Waals surface area contributed by atoms with Crippen LogP contribution in [0.2, 0.25) is 0 Å². The molecule has 0 unspecified atom stereocenters. The minimum absolute atomic E-state index is 0.236. The molecule has 0 amide bonds. The van der Waals surface area contributed by atoms with Crippen LogP contribution in [-0.4, -0.2) is 13.2 Å². The van der Waals surface area contributed by atoms with Crippen molar-refractivity contribution in [2.75, 3.05) is 13.2 Å². The third kappa shape index (κ3) is 3.64. The van der Waals surface area contributed by atoms with Crippen LogP contribution in [0.1, 0.15) is 0 Å². The van der Waals surface area contributed by atoms with Gasteiger partial charge in [-0.15, -0.1) is 6.42 Å². The zero-order valence-corrected chi connectivity index (χ0v) is 7.73. The molecule has 0 aliphatic heterocycles. The first-order chi connectivity index (χ1) is 6.86. The van der Waals surface area contributed by atoms with Crippen molar-refractivity contribution in [3.63, 3.8) is 0 Å². The summed E-state index contributed by atoms with van der Waals surface area (Å²) in [6.07, 6.45) is 14.5. The number of hydrogen-bond acceptors (Lipinski definition) is 2. The van der Waals surface area contributed by atoms with Crippen LogP contribution in [0.25, 0.3) is 0 Å². The molecule has 0 spiro atoms. The molecular weight excluding hydrogens is 174 g/mol. The Bertz CT molecular complexity index is 274. The number of rotatable bonds is 4. The molecule has 5 radical (unpaired) electrons. The predicted molar refractivity (Wildman–Crippen MR) is 53.8 cm³/mol. The Kier molecular flexibility index (Phi) is 4.83. The Balaban J connectivity index is 2.37. The van der Waals surface area contributed by atoms with Crippen molar-refractivity contribution in [3.05, 3.63) is 43.3 Å². The van der Waals surface area contributed by atoms with Gasteiger partial charge in [-0.05, 0) is 25.7 Å². The average Bonchev–Trinajstić information content (AvgIpc) is 2.69. The van der Waals surface area contributed by atoms with E-state index >= 15 is 0 Å². The van der Waals surface area contributed by atoms with Crippen molar-refractivity contribution >= 4 is 0 Å². The van der Waals surface area contributed by atoms with E-state index in [-0.39, 0.29) is 13.2 Å². The second kappa shape index (κ2) is 6.24. The highest BCUT2D eigenvalue weighted by Crippen LogP contribution is 2.25. The van der Waals surface area contributed by atoms with Gasteiger partial charge in [0.25, 0.3) is 0 Å². The maximum Gasteiger partial charge on any atom is 0.107 e. The normalized spacial score (nSPS) is 17.7. The van der Waals surface area contributed by atoms with Crippen LogP contribution >= 0.6 is 0 Å². The fraction of sp³-hybridized carbons (Fsp3) is 0.167. The number of nitriles is 1. The molecule has 1 aliphatic carbocycles. The van der Waals surface area contributed by atoms with E-state index in [0.29, 0.717) is 5.57 Å². The monoisotopic (exact) mass is 184 g/mol. The maximum absolute atomic E-state index is 8.77.